The molecule has 0 fully saturated rings. The number of carbonyl (C=O) groups excluding carboxylic acids is 2. The van der Waals surface area contributed by atoms with Crippen molar-refractivity contribution in [3.05, 3.63) is 58.4 Å². The Hall–Kier alpha value is -3.15. The number of rotatable bonds is 15. The summed E-state index contributed by atoms with van der Waals surface area (Å²) in [6.07, 6.45) is 14.4. The fourth-order valence-electron chi connectivity index (χ4n) is 4.91. The number of aromatic nitrogens is 1. The Kier molecular flexibility index (Phi) is 11.4. The second-order valence-electron chi connectivity index (χ2n) is 10.6. The average Bonchev–Trinajstić information content (AvgIpc) is 3.40. The minimum Gasteiger partial charge on any atom is -0.462 e. The summed E-state index contributed by atoms with van der Waals surface area (Å²) in [7, 11) is 0. The summed E-state index contributed by atoms with van der Waals surface area (Å²) in [6, 6.07) is 9.52. The van der Waals surface area contributed by atoms with Crippen molar-refractivity contribution in [2.75, 3.05) is 6.61 Å². The van der Waals surface area contributed by atoms with Gasteiger partial charge in [-0.2, -0.15) is 0 Å². The lowest BCUT2D eigenvalue weighted by atomic mass is 9.98. The molecule has 1 aromatic heterocycles. The summed E-state index contributed by atoms with van der Waals surface area (Å²) in [6.45, 7) is 10.7. The van der Waals surface area contributed by atoms with E-state index in [0.29, 0.717) is 23.5 Å². The number of carbonyl (C=O) groups is 2. The van der Waals surface area contributed by atoms with Gasteiger partial charge in [0.15, 0.2) is 0 Å². The number of unbranched alkanes of at least 4 members (excludes halogenated alkanes) is 9. The van der Waals surface area contributed by atoms with E-state index in [-0.39, 0.29) is 11.9 Å². The first-order valence-electron chi connectivity index (χ1n) is 14.3. The molecule has 0 saturated carbocycles. The van der Waals surface area contributed by atoms with Gasteiger partial charge in [0.2, 0.25) is 0 Å². The van der Waals surface area contributed by atoms with Crippen LogP contribution in [0.5, 0.6) is 0 Å². The van der Waals surface area contributed by atoms with Gasteiger partial charge in [-0.1, -0.05) is 83.7 Å². The van der Waals surface area contributed by atoms with Crippen LogP contribution in [0.25, 0.3) is 11.8 Å². The van der Waals surface area contributed by atoms with E-state index < -0.39 is 5.97 Å². The maximum Gasteiger partial charge on any atom is 0.367 e. The lowest BCUT2D eigenvalue weighted by molar-refractivity contribution is -0.136. The zero-order valence-electron chi connectivity index (χ0n) is 23.8. The van der Waals surface area contributed by atoms with Gasteiger partial charge in [0.25, 0.3) is 0 Å². The van der Waals surface area contributed by atoms with Gasteiger partial charge < -0.3 is 14.1 Å². The van der Waals surface area contributed by atoms with Crippen LogP contribution in [0.2, 0.25) is 0 Å². The summed E-state index contributed by atoms with van der Waals surface area (Å²) < 4.78 is 7.61. The number of hydrogen-bond donors (Lipinski definition) is 0. The Labute approximate surface area is 228 Å². The fourth-order valence-corrected chi connectivity index (χ4v) is 4.91. The molecule has 0 radical (unpaired) electrons. The Balaban J connectivity index is 1.50. The van der Waals surface area contributed by atoms with Crippen molar-refractivity contribution in [3.8, 4) is 5.69 Å². The van der Waals surface area contributed by atoms with Crippen molar-refractivity contribution in [2.24, 2.45) is 11.1 Å². The molecule has 0 amide bonds. The minimum atomic E-state index is -0.417. The first-order chi connectivity index (χ1) is 18.3. The number of hydrogen-bond acceptors (Lipinski definition) is 5. The van der Waals surface area contributed by atoms with Crippen molar-refractivity contribution < 1.29 is 19.2 Å². The van der Waals surface area contributed by atoms with Gasteiger partial charge in [0, 0.05) is 17.1 Å². The van der Waals surface area contributed by atoms with Gasteiger partial charge >= 0.3 is 11.9 Å². The summed E-state index contributed by atoms with van der Waals surface area (Å²) in [5.74, 6) is -0.605. The van der Waals surface area contributed by atoms with E-state index in [1.54, 1.807) is 0 Å². The summed E-state index contributed by atoms with van der Waals surface area (Å²) in [4.78, 5) is 29.6. The second kappa shape index (κ2) is 14.7. The highest BCUT2D eigenvalue weighted by Crippen LogP contribution is 2.26. The SMILES string of the molecule is CCCCCCCCCCCCOC(=O)c1ccc(-n2c(C)cc(C=C3C(=O)ON=C3C(C)C)c2C)cc1. The average molecular weight is 521 g/mol. The van der Waals surface area contributed by atoms with Crippen LogP contribution in [0.1, 0.15) is 112 Å². The molecule has 0 atom stereocenters. The van der Waals surface area contributed by atoms with Gasteiger partial charge in [-0.15, -0.1) is 0 Å². The Morgan fingerprint density at radius 2 is 1.58 bits per heavy atom. The van der Waals surface area contributed by atoms with Crippen LogP contribution in [0.4, 0.5) is 0 Å². The maximum absolute atomic E-state index is 12.5. The smallest absolute Gasteiger partial charge is 0.367 e. The highest BCUT2D eigenvalue weighted by atomic mass is 16.7. The van der Waals surface area contributed by atoms with E-state index in [1.807, 2.05) is 64.1 Å². The second-order valence-corrected chi connectivity index (χ2v) is 10.6. The van der Waals surface area contributed by atoms with Crippen LogP contribution >= 0.6 is 0 Å². The molecule has 1 aliphatic heterocycles. The number of nitrogens with zero attached hydrogens (tertiary/aromatic N) is 2. The summed E-state index contributed by atoms with van der Waals surface area (Å²) >= 11 is 0. The van der Waals surface area contributed by atoms with E-state index in [4.69, 9.17) is 9.57 Å². The van der Waals surface area contributed by atoms with Crippen LogP contribution in [-0.4, -0.2) is 28.8 Å². The predicted molar refractivity (Wildman–Crippen MR) is 154 cm³/mol. The molecular formula is C32H44N2O4. The molecule has 0 N–H and O–H groups in total. The van der Waals surface area contributed by atoms with Crippen LogP contribution < -0.4 is 0 Å². The first-order valence-corrected chi connectivity index (χ1v) is 14.3. The normalized spacial score (nSPS) is 14.3. The largest absolute Gasteiger partial charge is 0.462 e. The zero-order chi connectivity index (χ0) is 27.5. The molecule has 6 heteroatoms. The van der Waals surface area contributed by atoms with E-state index >= 15 is 0 Å². The molecule has 38 heavy (non-hydrogen) atoms. The van der Waals surface area contributed by atoms with Gasteiger partial charge in [0.05, 0.1) is 23.5 Å². The maximum atomic E-state index is 12.5. The van der Waals surface area contributed by atoms with Gasteiger partial charge in [-0.3, -0.25) is 0 Å². The molecule has 206 valence electrons. The monoisotopic (exact) mass is 520 g/mol. The molecule has 1 aromatic carbocycles. The van der Waals surface area contributed by atoms with Crippen molar-refractivity contribution in [3.63, 3.8) is 0 Å². The molecule has 2 aromatic rings. The van der Waals surface area contributed by atoms with Gasteiger partial charge in [0.1, 0.15) is 0 Å². The van der Waals surface area contributed by atoms with Crippen LogP contribution in [0.3, 0.4) is 0 Å². The number of esters is 1. The van der Waals surface area contributed by atoms with E-state index in [0.717, 1.165) is 35.5 Å². The number of oxime groups is 1. The van der Waals surface area contributed by atoms with Crippen molar-refractivity contribution in [1.82, 2.24) is 4.57 Å². The number of aryl methyl sites for hydroxylation is 1. The molecule has 6 nitrogen and oxygen atoms in total. The molecular weight excluding hydrogens is 476 g/mol. The topological polar surface area (TPSA) is 69.9 Å². The molecule has 1 aliphatic rings. The van der Waals surface area contributed by atoms with E-state index in [1.165, 1.54) is 51.4 Å². The Bertz CT molecular complexity index is 1140. The van der Waals surface area contributed by atoms with E-state index in [2.05, 4.69) is 16.6 Å². The first kappa shape index (κ1) is 29.4. The molecule has 0 unspecified atom stereocenters. The molecule has 0 bridgehead atoms. The molecule has 0 saturated heterocycles. The number of benzene rings is 1. The lowest BCUT2D eigenvalue weighted by Crippen LogP contribution is -2.11. The summed E-state index contributed by atoms with van der Waals surface area (Å²) in [5, 5.41) is 3.94. The van der Waals surface area contributed by atoms with Crippen LogP contribution in [0.15, 0.2) is 41.1 Å². The molecule has 2 heterocycles. The highest BCUT2D eigenvalue weighted by molar-refractivity contribution is 6.25. The Morgan fingerprint density at radius 3 is 2.18 bits per heavy atom. The third-order valence-electron chi connectivity index (χ3n) is 7.13. The molecule has 0 aliphatic carbocycles. The van der Waals surface area contributed by atoms with Crippen molar-refractivity contribution in [2.45, 2.75) is 98.8 Å². The standard InChI is InChI=1S/C32H44N2O4/c1-6-7-8-9-10-11-12-13-14-15-20-37-31(35)26-16-18-28(19-17-26)34-24(4)21-27(25(34)5)22-29-30(23(2)3)33-38-32(29)36/h16-19,21-23H,6-15,20H2,1-5H3. The van der Waals surface area contributed by atoms with Gasteiger partial charge in [-0.25, -0.2) is 9.59 Å². The van der Waals surface area contributed by atoms with Crippen molar-refractivity contribution >= 4 is 23.7 Å². The van der Waals surface area contributed by atoms with E-state index in [9.17, 15) is 9.59 Å². The van der Waals surface area contributed by atoms with Crippen LogP contribution in [0, 0.1) is 19.8 Å². The summed E-state index contributed by atoms with van der Waals surface area (Å²) in [5.41, 5.74) is 5.62. The van der Waals surface area contributed by atoms with Crippen LogP contribution in [-0.2, 0) is 14.4 Å². The minimum absolute atomic E-state index is 0.0913. The molecule has 3 rings (SSSR count). The fraction of sp³-hybridized carbons (Fsp3) is 0.531. The quantitative estimate of drug-likeness (QED) is 0.103. The molecule has 0 spiro atoms. The third kappa shape index (κ3) is 7.92. The predicted octanol–water partition coefficient (Wildman–Crippen LogP) is 8.12. The Morgan fingerprint density at radius 1 is 0.974 bits per heavy atom. The lowest BCUT2D eigenvalue weighted by Gasteiger charge is -2.11. The van der Waals surface area contributed by atoms with Crippen molar-refractivity contribution in [1.29, 1.82) is 0 Å². The third-order valence-corrected chi connectivity index (χ3v) is 7.13. The zero-order valence-corrected chi connectivity index (χ0v) is 23.8. The number of ether oxygens (including phenoxy) is 1. The van der Waals surface area contributed by atoms with Gasteiger partial charge in [-0.05, 0) is 68.2 Å². The highest BCUT2D eigenvalue weighted by Gasteiger charge is 2.28.